The molecule has 1 saturated heterocycles. The first-order valence-electron chi connectivity index (χ1n) is 11.6. The number of anilines is 1. The van der Waals surface area contributed by atoms with Crippen molar-refractivity contribution in [3.63, 3.8) is 0 Å². The summed E-state index contributed by atoms with van der Waals surface area (Å²) in [6.45, 7) is 9.16. The Bertz CT molecular complexity index is 1110. The van der Waals surface area contributed by atoms with E-state index in [9.17, 15) is 4.39 Å². The van der Waals surface area contributed by atoms with Gasteiger partial charge in [-0.3, -0.25) is 4.90 Å². The highest BCUT2D eigenvalue weighted by Gasteiger charge is 2.36. The summed E-state index contributed by atoms with van der Waals surface area (Å²) in [7, 11) is 3.28. The van der Waals surface area contributed by atoms with Gasteiger partial charge in [-0.2, -0.15) is 0 Å². The molecule has 34 heavy (non-hydrogen) atoms. The molecule has 182 valence electrons. The molecule has 1 fully saturated rings. The zero-order valence-electron chi connectivity index (χ0n) is 20.5. The summed E-state index contributed by atoms with van der Waals surface area (Å²) >= 11 is 0. The largest absolute Gasteiger partial charge is 0.493 e. The van der Waals surface area contributed by atoms with E-state index >= 15 is 0 Å². The van der Waals surface area contributed by atoms with Crippen LogP contribution in [0.15, 0.2) is 42.5 Å². The van der Waals surface area contributed by atoms with E-state index in [1.807, 2.05) is 35.0 Å². The highest BCUT2D eigenvalue weighted by molar-refractivity contribution is 5.50. The van der Waals surface area contributed by atoms with Gasteiger partial charge in [0.25, 0.3) is 0 Å². The number of aromatic nitrogens is 4. The Morgan fingerprint density at radius 2 is 1.74 bits per heavy atom. The van der Waals surface area contributed by atoms with Gasteiger partial charge < -0.3 is 14.4 Å². The second kappa shape index (κ2) is 9.97. The molecule has 2 heterocycles. The molecule has 0 saturated carbocycles. The summed E-state index contributed by atoms with van der Waals surface area (Å²) < 4.78 is 27.7. The Morgan fingerprint density at radius 1 is 1.00 bits per heavy atom. The van der Waals surface area contributed by atoms with Crippen molar-refractivity contribution in [2.45, 2.75) is 38.8 Å². The second-order valence-electron chi connectivity index (χ2n) is 9.07. The van der Waals surface area contributed by atoms with E-state index in [0.29, 0.717) is 43.4 Å². The first-order valence-corrected chi connectivity index (χ1v) is 11.6. The summed E-state index contributed by atoms with van der Waals surface area (Å²) in [4.78, 5) is 4.42. The lowest BCUT2D eigenvalue weighted by Gasteiger charge is -2.41. The van der Waals surface area contributed by atoms with Crippen LogP contribution in [0.5, 0.6) is 11.5 Å². The van der Waals surface area contributed by atoms with Gasteiger partial charge in [-0.1, -0.05) is 31.2 Å². The molecule has 0 radical (unpaired) electrons. The fourth-order valence-corrected chi connectivity index (χ4v) is 4.50. The number of nitrogens with zero attached hydrogens (tertiary/aromatic N) is 6. The summed E-state index contributed by atoms with van der Waals surface area (Å²) in [6.07, 6.45) is 0.869. The number of para-hydroxylation sites is 2. The highest BCUT2D eigenvalue weighted by Crippen LogP contribution is 2.41. The van der Waals surface area contributed by atoms with Gasteiger partial charge in [0, 0.05) is 31.7 Å². The lowest BCUT2D eigenvalue weighted by atomic mass is 9.98. The molecule has 4 rings (SSSR count). The Balaban J connectivity index is 1.74. The van der Waals surface area contributed by atoms with E-state index in [1.54, 1.807) is 20.3 Å². The smallest absolute Gasteiger partial charge is 0.173 e. The van der Waals surface area contributed by atoms with Gasteiger partial charge in [0.05, 0.1) is 25.4 Å². The molecule has 2 aromatic carbocycles. The number of benzene rings is 2. The minimum absolute atomic E-state index is 0.199. The number of hydrogen-bond acceptors (Lipinski definition) is 7. The van der Waals surface area contributed by atoms with Crippen LogP contribution in [0.25, 0.3) is 0 Å². The van der Waals surface area contributed by atoms with Crippen molar-refractivity contribution in [2.24, 2.45) is 0 Å². The number of ether oxygens (including phenoxy) is 2. The number of tetrazole rings is 1. The van der Waals surface area contributed by atoms with Gasteiger partial charge in [-0.05, 0) is 48.9 Å². The van der Waals surface area contributed by atoms with Crippen molar-refractivity contribution in [1.82, 2.24) is 25.1 Å². The minimum atomic E-state index is -0.266. The van der Waals surface area contributed by atoms with Crippen LogP contribution in [0, 0.1) is 5.82 Å². The van der Waals surface area contributed by atoms with Crippen LogP contribution in [0.1, 0.15) is 44.6 Å². The van der Waals surface area contributed by atoms with Gasteiger partial charge in [0.15, 0.2) is 17.3 Å². The third-order valence-corrected chi connectivity index (χ3v) is 6.78. The molecule has 3 aromatic rings. The molecule has 9 heteroatoms. The molecule has 0 unspecified atom stereocenters. The van der Waals surface area contributed by atoms with Crippen molar-refractivity contribution < 1.29 is 13.9 Å². The Labute approximate surface area is 200 Å². The third-order valence-electron chi connectivity index (χ3n) is 6.78. The standard InChI is InChI=1S/C25H33FN6O2/c1-6-25(2,3)32-24(27-28-29-32)22(18-10-9-13-21(33-4)23(18)34-5)31-16-14-30(15-17-31)20-12-8-7-11-19(20)26/h7-13,22H,6,14-17H2,1-5H3/t22-/m1/s1. The summed E-state index contributed by atoms with van der Waals surface area (Å²) in [5, 5.41) is 12.9. The molecule has 8 nitrogen and oxygen atoms in total. The number of rotatable bonds is 8. The molecule has 0 bridgehead atoms. The van der Waals surface area contributed by atoms with E-state index in [0.717, 1.165) is 17.8 Å². The van der Waals surface area contributed by atoms with Crippen LogP contribution >= 0.6 is 0 Å². The normalized spacial score (nSPS) is 15.9. The summed E-state index contributed by atoms with van der Waals surface area (Å²) in [5.41, 5.74) is 1.30. The summed E-state index contributed by atoms with van der Waals surface area (Å²) in [6, 6.07) is 12.5. The minimum Gasteiger partial charge on any atom is -0.493 e. The number of halogens is 1. The van der Waals surface area contributed by atoms with Crippen LogP contribution in [0.3, 0.4) is 0 Å². The van der Waals surface area contributed by atoms with Crippen LogP contribution in [0.2, 0.25) is 0 Å². The van der Waals surface area contributed by atoms with E-state index in [2.05, 4.69) is 46.1 Å². The van der Waals surface area contributed by atoms with E-state index in [1.165, 1.54) is 6.07 Å². The van der Waals surface area contributed by atoms with Gasteiger partial charge in [0.2, 0.25) is 0 Å². The zero-order chi connectivity index (χ0) is 24.3. The average Bonchev–Trinajstić information content (AvgIpc) is 3.35. The monoisotopic (exact) mass is 468 g/mol. The first-order chi connectivity index (χ1) is 16.4. The van der Waals surface area contributed by atoms with Crippen molar-refractivity contribution in [3.8, 4) is 11.5 Å². The highest BCUT2D eigenvalue weighted by atomic mass is 19.1. The lowest BCUT2D eigenvalue weighted by molar-refractivity contribution is 0.183. The maximum absolute atomic E-state index is 14.4. The van der Waals surface area contributed by atoms with Crippen molar-refractivity contribution in [1.29, 1.82) is 0 Å². The fourth-order valence-electron chi connectivity index (χ4n) is 4.50. The topological polar surface area (TPSA) is 68.5 Å². The quantitative estimate of drug-likeness (QED) is 0.497. The molecular formula is C25H33FN6O2. The molecule has 0 aliphatic carbocycles. The molecule has 1 atom stereocenters. The molecule has 0 spiro atoms. The van der Waals surface area contributed by atoms with Crippen LogP contribution in [-0.2, 0) is 5.54 Å². The number of piperazine rings is 1. The number of methoxy groups -OCH3 is 2. The Hall–Kier alpha value is -3.20. The third kappa shape index (κ3) is 4.44. The van der Waals surface area contributed by atoms with Crippen LogP contribution < -0.4 is 14.4 Å². The van der Waals surface area contributed by atoms with Crippen LogP contribution in [-0.4, -0.2) is 65.5 Å². The van der Waals surface area contributed by atoms with Crippen LogP contribution in [0.4, 0.5) is 10.1 Å². The molecule has 0 N–H and O–H groups in total. The first kappa shape index (κ1) is 23.9. The maximum atomic E-state index is 14.4. The van der Waals surface area contributed by atoms with E-state index in [4.69, 9.17) is 9.47 Å². The number of hydrogen-bond donors (Lipinski definition) is 0. The second-order valence-corrected chi connectivity index (χ2v) is 9.07. The Kier molecular flexibility index (Phi) is 7.02. The fraction of sp³-hybridized carbons (Fsp3) is 0.480. The molecule has 1 aliphatic rings. The van der Waals surface area contributed by atoms with Gasteiger partial charge in [-0.25, -0.2) is 9.07 Å². The molecule has 1 aliphatic heterocycles. The molecule has 1 aromatic heterocycles. The SMILES string of the molecule is CCC(C)(C)n1nnnc1[C@@H](c1cccc(OC)c1OC)N1CCN(c2ccccc2F)CC1. The molecule has 0 amide bonds. The Morgan fingerprint density at radius 3 is 2.38 bits per heavy atom. The van der Waals surface area contributed by atoms with Crippen molar-refractivity contribution >= 4 is 5.69 Å². The predicted octanol–water partition coefficient (Wildman–Crippen LogP) is 3.89. The van der Waals surface area contributed by atoms with Crippen molar-refractivity contribution in [3.05, 3.63) is 59.7 Å². The van der Waals surface area contributed by atoms with Gasteiger partial charge in [0.1, 0.15) is 11.9 Å². The lowest BCUT2D eigenvalue weighted by Crippen LogP contribution is -2.49. The summed E-state index contributed by atoms with van der Waals surface area (Å²) in [5.74, 6) is 1.87. The average molecular weight is 469 g/mol. The van der Waals surface area contributed by atoms with E-state index < -0.39 is 0 Å². The van der Waals surface area contributed by atoms with E-state index in [-0.39, 0.29) is 17.4 Å². The van der Waals surface area contributed by atoms with Crippen molar-refractivity contribution in [2.75, 3.05) is 45.3 Å². The van der Waals surface area contributed by atoms with Gasteiger partial charge >= 0.3 is 0 Å². The molecular weight excluding hydrogens is 435 g/mol. The maximum Gasteiger partial charge on any atom is 0.173 e. The predicted molar refractivity (Wildman–Crippen MR) is 129 cm³/mol. The zero-order valence-corrected chi connectivity index (χ0v) is 20.5. The van der Waals surface area contributed by atoms with Gasteiger partial charge in [-0.15, -0.1) is 5.10 Å².